The third-order valence-electron chi connectivity index (χ3n) is 7.21. The van der Waals surface area contributed by atoms with Gasteiger partial charge in [0.15, 0.2) is 11.5 Å². The molecule has 0 aliphatic heterocycles. The van der Waals surface area contributed by atoms with Crippen LogP contribution in [0.5, 0.6) is 11.5 Å². The number of amides is 1. The highest BCUT2D eigenvalue weighted by molar-refractivity contribution is 5.76. The Kier molecular flexibility index (Phi) is 13.1. The average Bonchev–Trinajstić information content (AvgIpc) is 3.13. The summed E-state index contributed by atoms with van der Waals surface area (Å²) in [5, 5.41) is 60.2. The molecule has 8 heteroatoms. The second-order valence-electron chi connectivity index (χ2n) is 10.2. The standard InChI is InChI=1S/C29H45NO7/c1-3-4-7-10-21(31)14-15-23-22(25(33)19-26(23)34)11-8-5-6-9-12-28(36)30(2)29(37)18-20-13-16-24(32)27(35)17-20/h5,8,13-17,21-23,25-26,29,31-35,37H,3-4,6-7,9-12,18-19H2,1-2H3/b8-5-,15-14+/t21-,22+,23+,25?,26+,29?/m0/s1. The van der Waals surface area contributed by atoms with Crippen molar-refractivity contribution in [2.45, 2.75) is 95.7 Å². The van der Waals surface area contributed by atoms with Crippen LogP contribution in [0.3, 0.4) is 0 Å². The molecule has 2 rings (SSSR count). The number of carbonyl (C=O) groups is 1. The van der Waals surface area contributed by atoms with Crippen LogP contribution in [-0.4, -0.2) is 73.0 Å². The predicted molar refractivity (Wildman–Crippen MR) is 143 cm³/mol. The number of aromatic hydroxyl groups is 2. The number of nitrogens with zero attached hydrogens (tertiary/aromatic N) is 1. The van der Waals surface area contributed by atoms with Gasteiger partial charge in [-0.05, 0) is 49.3 Å². The van der Waals surface area contributed by atoms with Gasteiger partial charge in [0.25, 0.3) is 0 Å². The number of phenols is 2. The van der Waals surface area contributed by atoms with Crippen LogP contribution in [0.25, 0.3) is 0 Å². The van der Waals surface area contributed by atoms with Gasteiger partial charge in [-0.3, -0.25) is 4.79 Å². The van der Waals surface area contributed by atoms with Crippen LogP contribution >= 0.6 is 0 Å². The number of likely N-dealkylation sites (N-methyl/N-ethyl adjacent to an activating group) is 1. The summed E-state index contributed by atoms with van der Waals surface area (Å²) in [6, 6.07) is 4.28. The summed E-state index contributed by atoms with van der Waals surface area (Å²) in [7, 11) is 1.53. The quantitative estimate of drug-likeness (QED) is 0.0903. The van der Waals surface area contributed by atoms with E-state index in [4.69, 9.17) is 0 Å². The van der Waals surface area contributed by atoms with Crippen LogP contribution in [0.15, 0.2) is 42.5 Å². The molecule has 0 aromatic heterocycles. The van der Waals surface area contributed by atoms with Crippen molar-refractivity contribution >= 4 is 5.91 Å². The maximum atomic E-state index is 12.4. The number of unbranched alkanes of at least 4 members (excludes halogenated alkanes) is 3. The summed E-state index contributed by atoms with van der Waals surface area (Å²) < 4.78 is 0. The van der Waals surface area contributed by atoms with Gasteiger partial charge in [-0.1, -0.05) is 56.6 Å². The summed E-state index contributed by atoms with van der Waals surface area (Å²) >= 11 is 0. The van der Waals surface area contributed by atoms with Crippen LogP contribution < -0.4 is 0 Å². The summed E-state index contributed by atoms with van der Waals surface area (Å²) in [5.74, 6) is -1.02. The van der Waals surface area contributed by atoms with Gasteiger partial charge in [-0.25, -0.2) is 0 Å². The maximum absolute atomic E-state index is 12.4. The molecule has 6 N–H and O–H groups in total. The molecule has 208 valence electrons. The zero-order valence-electron chi connectivity index (χ0n) is 22.1. The third kappa shape index (κ3) is 10.1. The van der Waals surface area contributed by atoms with Gasteiger partial charge >= 0.3 is 0 Å². The lowest BCUT2D eigenvalue weighted by molar-refractivity contribution is -0.138. The monoisotopic (exact) mass is 519 g/mol. The SMILES string of the molecule is CCCCC[C@H](O)/C=C/[C@H]1[C@H](O)CC(O)[C@@H]1C/C=C\CCCC(=O)N(C)C(O)Cc1ccc(O)c(O)c1. The fraction of sp³-hybridized carbons (Fsp3) is 0.621. The molecule has 8 nitrogen and oxygen atoms in total. The molecule has 6 atom stereocenters. The molecule has 1 amide bonds. The zero-order chi connectivity index (χ0) is 27.4. The molecule has 1 aromatic rings. The minimum atomic E-state index is -1.04. The summed E-state index contributed by atoms with van der Waals surface area (Å²) in [6.07, 6.45) is 11.2. The molecule has 2 unspecified atom stereocenters. The molecule has 1 fully saturated rings. The van der Waals surface area contributed by atoms with Gasteiger partial charge in [0.1, 0.15) is 6.23 Å². The number of aliphatic hydroxyl groups is 4. The van der Waals surface area contributed by atoms with Gasteiger partial charge in [0.2, 0.25) is 5.91 Å². The van der Waals surface area contributed by atoms with Crippen LogP contribution in [0.4, 0.5) is 0 Å². The Morgan fingerprint density at radius 3 is 2.54 bits per heavy atom. The van der Waals surface area contributed by atoms with E-state index in [1.54, 1.807) is 12.1 Å². The Balaban J connectivity index is 1.74. The first-order chi connectivity index (χ1) is 17.6. The molecule has 1 saturated carbocycles. The van der Waals surface area contributed by atoms with Crippen molar-refractivity contribution in [1.82, 2.24) is 4.90 Å². The van der Waals surface area contributed by atoms with Crippen LogP contribution in [0, 0.1) is 11.8 Å². The number of carbonyl (C=O) groups excluding carboxylic acids is 1. The smallest absolute Gasteiger partial charge is 0.224 e. The van der Waals surface area contributed by atoms with E-state index in [1.165, 1.54) is 24.1 Å². The third-order valence-corrected chi connectivity index (χ3v) is 7.21. The highest BCUT2D eigenvalue weighted by Gasteiger charge is 2.39. The minimum absolute atomic E-state index is 0.118. The fourth-order valence-corrected chi connectivity index (χ4v) is 4.79. The van der Waals surface area contributed by atoms with E-state index in [2.05, 4.69) is 6.92 Å². The first kappa shape index (κ1) is 30.8. The molecule has 1 aromatic carbocycles. The zero-order valence-corrected chi connectivity index (χ0v) is 22.1. The van der Waals surface area contributed by atoms with Crippen molar-refractivity contribution in [2.24, 2.45) is 11.8 Å². The lowest BCUT2D eigenvalue weighted by Gasteiger charge is -2.24. The largest absolute Gasteiger partial charge is 0.504 e. The molecule has 1 aliphatic rings. The number of hydrogen-bond acceptors (Lipinski definition) is 7. The van der Waals surface area contributed by atoms with E-state index in [1.807, 2.05) is 18.2 Å². The number of aliphatic hydroxyl groups excluding tert-OH is 4. The molecule has 0 heterocycles. The van der Waals surface area contributed by atoms with Crippen LogP contribution in [-0.2, 0) is 11.2 Å². The lowest BCUT2D eigenvalue weighted by Crippen LogP contribution is -2.38. The number of allylic oxidation sites excluding steroid dienone is 2. The first-order valence-electron chi connectivity index (χ1n) is 13.5. The van der Waals surface area contributed by atoms with Crippen LogP contribution in [0.1, 0.15) is 70.3 Å². The van der Waals surface area contributed by atoms with E-state index in [0.717, 1.165) is 19.3 Å². The summed E-state index contributed by atoms with van der Waals surface area (Å²) in [5.41, 5.74) is 0.601. The van der Waals surface area contributed by atoms with E-state index >= 15 is 0 Å². The molecular formula is C29H45NO7. The lowest BCUT2D eigenvalue weighted by atomic mass is 9.89. The van der Waals surface area contributed by atoms with E-state index < -0.39 is 24.5 Å². The Morgan fingerprint density at radius 1 is 1.08 bits per heavy atom. The first-order valence-corrected chi connectivity index (χ1v) is 13.5. The number of benzene rings is 1. The van der Waals surface area contributed by atoms with E-state index in [9.17, 15) is 35.4 Å². The summed E-state index contributed by atoms with van der Waals surface area (Å²) in [6.45, 7) is 2.12. The summed E-state index contributed by atoms with van der Waals surface area (Å²) in [4.78, 5) is 13.7. The normalized spacial score (nSPS) is 23.6. The predicted octanol–water partition coefficient (Wildman–Crippen LogP) is 3.39. The number of hydrogen-bond donors (Lipinski definition) is 6. The van der Waals surface area contributed by atoms with Gasteiger partial charge in [-0.2, -0.15) is 0 Å². The van der Waals surface area contributed by atoms with E-state index in [0.29, 0.717) is 37.7 Å². The van der Waals surface area contributed by atoms with Gasteiger partial charge in [0, 0.05) is 32.2 Å². The van der Waals surface area contributed by atoms with Gasteiger partial charge in [-0.15, -0.1) is 0 Å². The van der Waals surface area contributed by atoms with Gasteiger partial charge in [0.05, 0.1) is 18.3 Å². The fourth-order valence-electron chi connectivity index (χ4n) is 4.79. The highest BCUT2D eigenvalue weighted by Crippen LogP contribution is 2.36. The van der Waals surface area contributed by atoms with E-state index in [-0.39, 0.29) is 42.1 Å². The van der Waals surface area contributed by atoms with Gasteiger partial charge < -0.3 is 35.5 Å². The Hall–Kier alpha value is -2.39. The molecule has 0 saturated heterocycles. The molecule has 0 radical (unpaired) electrons. The van der Waals surface area contributed by atoms with Crippen molar-refractivity contribution in [2.75, 3.05) is 7.05 Å². The Labute approximate surface area is 220 Å². The minimum Gasteiger partial charge on any atom is -0.504 e. The number of rotatable bonds is 15. The Bertz CT molecular complexity index is 887. The second kappa shape index (κ2) is 15.8. The van der Waals surface area contributed by atoms with Crippen molar-refractivity contribution in [3.05, 3.63) is 48.1 Å². The van der Waals surface area contributed by atoms with Crippen LogP contribution in [0.2, 0.25) is 0 Å². The van der Waals surface area contributed by atoms with Crippen molar-refractivity contribution in [1.29, 1.82) is 0 Å². The second-order valence-corrected chi connectivity index (χ2v) is 10.2. The molecular weight excluding hydrogens is 474 g/mol. The molecule has 37 heavy (non-hydrogen) atoms. The topological polar surface area (TPSA) is 142 Å². The van der Waals surface area contributed by atoms with Crippen molar-refractivity contribution < 1.29 is 35.4 Å². The Morgan fingerprint density at radius 2 is 1.84 bits per heavy atom. The van der Waals surface area contributed by atoms with Crippen molar-refractivity contribution in [3.63, 3.8) is 0 Å². The number of phenolic OH excluding ortho intramolecular Hbond substituents is 2. The van der Waals surface area contributed by atoms with Crippen molar-refractivity contribution in [3.8, 4) is 11.5 Å². The maximum Gasteiger partial charge on any atom is 0.224 e. The average molecular weight is 520 g/mol. The molecule has 0 spiro atoms. The molecule has 1 aliphatic carbocycles. The molecule has 0 bridgehead atoms. The highest BCUT2D eigenvalue weighted by atomic mass is 16.3.